The molecule has 1 N–H and O–H groups in total. The van der Waals surface area contributed by atoms with Crippen LogP contribution in [0.5, 0.6) is 0 Å². The summed E-state index contributed by atoms with van der Waals surface area (Å²) in [6.07, 6.45) is 1.98. The lowest BCUT2D eigenvalue weighted by atomic mass is 10.1. The molecule has 1 unspecified atom stereocenters. The fraction of sp³-hybridized carbons (Fsp3) is 0.412. The molecule has 23 heavy (non-hydrogen) atoms. The highest BCUT2D eigenvalue weighted by atomic mass is 32.1. The molecule has 4 nitrogen and oxygen atoms in total. The Labute approximate surface area is 138 Å². The molecule has 0 aliphatic heterocycles. The minimum absolute atomic E-state index is 0.208. The molecule has 1 aromatic heterocycles. The zero-order chi connectivity index (χ0) is 16.4. The van der Waals surface area contributed by atoms with Crippen LogP contribution in [0.1, 0.15) is 33.9 Å². The number of benzene rings is 1. The van der Waals surface area contributed by atoms with Crippen LogP contribution in [0.3, 0.4) is 0 Å². The number of carbonyl (C=O) groups excluding carboxylic acids is 1. The zero-order valence-corrected chi connectivity index (χ0v) is 13.7. The molecule has 0 bridgehead atoms. The summed E-state index contributed by atoms with van der Waals surface area (Å²) in [5.74, 6) is -0.140. The topological polar surface area (TPSA) is 53.4 Å². The van der Waals surface area contributed by atoms with E-state index in [0.29, 0.717) is 35.1 Å². The first-order valence-electron chi connectivity index (χ1n) is 7.66. The van der Waals surface area contributed by atoms with Gasteiger partial charge in [-0.1, -0.05) is 18.2 Å². The summed E-state index contributed by atoms with van der Waals surface area (Å²) >= 11 is 1.35. The van der Waals surface area contributed by atoms with Gasteiger partial charge in [-0.25, -0.2) is 9.37 Å². The molecule has 0 saturated heterocycles. The van der Waals surface area contributed by atoms with E-state index in [4.69, 9.17) is 0 Å². The third-order valence-electron chi connectivity index (χ3n) is 4.04. The van der Waals surface area contributed by atoms with Crippen LogP contribution in [0.2, 0.25) is 0 Å². The van der Waals surface area contributed by atoms with Gasteiger partial charge in [-0.15, -0.1) is 11.3 Å². The number of thiazole rings is 1. The molecule has 1 aliphatic rings. The van der Waals surface area contributed by atoms with Crippen LogP contribution in [-0.2, 0) is 6.42 Å². The van der Waals surface area contributed by atoms with Gasteiger partial charge >= 0.3 is 0 Å². The Bertz CT molecular complexity index is 699. The van der Waals surface area contributed by atoms with Crippen molar-refractivity contribution in [3.05, 3.63) is 51.7 Å². The van der Waals surface area contributed by atoms with Crippen LogP contribution in [-0.4, -0.2) is 40.6 Å². The van der Waals surface area contributed by atoms with Crippen molar-refractivity contribution in [2.45, 2.75) is 25.4 Å². The number of rotatable bonds is 6. The van der Waals surface area contributed by atoms with E-state index >= 15 is 0 Å². The number of nitrogens with zero attached hydrogens (tertiary/aromatic N) is 2. The quantitative estimate of drug-likeness (QED) is 0.884. The van der Waals surface area contributed by atoms with Crippen molar-refractivity contribution in [1.29, 1.82) is 0 Å². The summed E-state index contributed by atoms with van der Waals surface area (Å²) in [6, 6.07) is 6.57. The molecule has 1 heterocycles. The third-order valence-corrected chi connectivity index (χ3v) is 4.89. The number of aliphatic hydroxyl groups is 1. The molecule has 1 aromatic carbocycles. The highest BCUT2D eigenvalue weighted by molar-refractivity contribution is 7.09. The lowest BCUT2D eigenvalue weighted by molar-refractivity contribution is 0.0641. The number of amides is 1. The average molecular weight is 334 g/mol. The summed E-state index contributed by atoms with van der Waals surface area (Å²) in [5, 5.41) is 12.3. The SMILES string of the molecule is CN(CC(O)C1CC1)C(=O)c1csc(Cc2ccccc2F)n1. The van der Waals surface area contributed by atoms with E-state index in [2.05, 4.69) is 4.98 Å². The number of likely N-dealkylation sites (N-methyl/N-ethyl adjacent to an activating group) is 1. The highest BCUT2D eigenvalue weighted by Gasteiger charge is 2.31. The maximum Gasteiger partial charge on any atom is 0.273 e. The summed E-state index contributed by atoms with van der Waals surface area (Å²) in [7, 11) is 1.67. The second-order valence-electron chi connectivity index (χ2n) is 5.99. The van der Waals surface area contributed by atoms with Gasteiger partial charge in [0.25, 0.3) is 5.91 Å². The molecule has 2 aromatic rings. The van der Waals surface area contributed by atoms with Crippen molar-refractivity contribution in [1.82, 2.24) is 9.88 Å². The number of aliphatic hydroxyl groups excluding tert-OH is 1. The first-order valence-corrected chi connectivity index (χ1v) is 8.54. The number of aromatic nitrogens is 1. The minimum Gasteiger partial charge on any atom is -0.391 e. The summed E-state index contributed by atoms with van der Waals surface area (Å²) in [6.45, 7) is 0.323. The smallest absolute Gasteiger partial charge is 0.273 e. The predicted octanol–water partition coefficient (Wildman–Crippen LogP) is 2.72. The number of hydrogen-bond acceptors (Lipinski definition) is 4. The van der Waals surface area contributed by atoms with E-state index in [0.717, 1.165) is 12.8 Å². The molecule has 3 rings (SSSR count). The fourth-order valence-electron chi connectivity index (χ4n) is 2.48. The van der Waals surface area contributed by atoms with Crippen molar-refractivity contribution in [2.75, 3.05) is 13.6 Å². The molecular weight excluding hydrogens is 315 g/mol. The zero-order valence-electron chi connectivity index (χ0n) is 12.9. The summed E-state index contributed by atoms with van der Waals surface area (Å²) in [5.41, 5.74) is 0.921. The van der Waals surface area contributed by atoms with Crippen molar-refractivity contribution in [3.8, 4) is 0 Å². The van der Waals surface area contributed by atoms with Gasteiger partial charge in [-0.2, -0.15) is 0 Å². The number of halogens is 1. The number of hydrogen-bond donors (Lipinski definition) is 1. The Morgan fingerprint density at radius 1 is 1.48 bits per heavy atom. The van der Waals surface area contributed by atoms with Crippen molar-refractivity contribution >= 4 is 17.2 Å². The van der Waals surface area contributed by atoms with E-state index < -0.39 is 6.10 Å². The normalized spacial score (nSPS) is 15.4. The Morgan fingerprint density at radius 2 is 2.22 bits per heavy atom. The maximum atomic E-state index is 13.7. The van der Waals surface area contributed by atoms with E-state index in [1.165, 1.54) is 22.3 Å². The van der Waals surface area contributed by atoms with Gasteiger partial charge in [0, 0.05) is 25.4 Å². The van der Waals surface area contributed by atoms with E-state index in [-0.39, 0.29) is 11.7 Å². The van der Waals surface area contributed by atoms with Crippen molar-refractivity contribution < 1.29 is 14.3 Å². The van der Waals surface area contributed by atoms with Gasteiger partial charge in [0.05, 0.1) is 11.1 Å². The average Bonchev–Trinajstić information content (AvgIpc) is 3.29. The Kier molecular flexibility index (Phi) is 4.73. The monoisotopic (exact) mass is 334 g/mol. The Hall–Kier alpha value is -1.79. The molecule has 1 saturated carbocycles. The molecule has 1 amide bonds. The van der Waals surface area contributed by atoms with Crippen LogP contribution < -0.4 is 0 Å². The molecular formula is C17H19FN2O2S. The number of carbonyl (C=O) groups is 1. The standard InChI is InChI=1S/C17H19FN2O2S/c1-20(9-15(21)11-6-7-11)17(22)14-10-23-16(19-14)8-12-4-2-3-5-13(12)18/h2-5,10-11,15,21H,6-9H2,1H3. The molecule has 0 radical (unpaired) electrons. The molecule has 1 fully saturated rings. The van der Waals surface area contributed by atoms with E-state index in [9.17, 15) is 14.3 Å². The van der Waals surface area contributed by atoms with Gasteiger partial charge in [0.1, 0.15) is 11.5 Å². The minimum atomic E-state index is -0.458. The first kappa shape index (κ1) is 16.1. The lowest BCUT2D eigenvalue weighted by Gasteiger charge is -2.19. The first-order chi connectivity index (χ1) is 11.0. The van der Waals surface area contributed by atoms with Gasteiger partial charge in [-0.05, 0) is 30.4 Å². The second-order valence-corrected chi connectivity index (χ2v) is 6.93. The largest absolute Gasteiger partial charge is 0.391 e. The van der Waals surface area contributed by atoms with Gasteiger partial charge in [0.2, 0.25) is 0 Å². The van der Waals surface area contributed by atoms with Crippen LogP contribution in [0, 0.1) is 11.7 Å². The lowest BCUT2D eigenvalue weighted by Crippen LogP contribution is -2.35. The van der Waals surface area contributed by atoms with E-state index in [1.54, 1.807) is 30.6 Å². The summed E-state index contributed by atoms with van der Waals surface area (Å²) < 4.78 is 13.7. The van der Waals surface area contributed by atoms with Crippen LogP contribution in [0.4, 0.5) is 4.39 Å². The van der Waals surface area contributed by atoms with Gasteiger partial charge in [-0.3, -0.25) is 4.79 Å². The molecule has 6 heteroatoms. The Morgan fingerprint density at radius 3 is 2.91 bits per heavy atom. The molecule has 1 aliphatic carbocycles. The maximum absolute atomic E-state index is 13.7. The molecule has 1 atom stereocenters. The molecule has 122 valence electrons. The summed E-state index contributed by atoms with van der Waals surface area (Å²) in [4.78, 5) is 18.2. The van der Waals surface area contributed by atoms with Crippen LogP contribution >= 0.6 is 11.3 Å². The molecule has 0 spiro atoms. The predicted molar refractivity (Wildman–Crippen MR) is 87.0 cm³/mol. The Balaban J connectivity index is 1.63. The fourth-order valence-corrected chi connectivity index (χ4v) is 3.28. The van der Waals surface area contributed by atoms with E-state index in [1.807, 2.05) is 0 Å². The highest BCUT2D eigenvalue weighted by Crippen LogP contribution is 2.32. The van der Waals surface area contributed by atoms with Gasteiger partial charge in [0.15, 0.2) is 0 Å². The van der Waals surface area contributed by atoms with Gasteiger partial charge < -0.3 is 10.0 Å². The van der Waals surface area contributed by atoms with Crippen LogP contribution in [0.15, 0.2) is 29.6 Å². The van der Waals surface area contributed by atoms with Crippen molar-refractivity contribution in [2.24, 2.45) is 5.92 Å². The van der Waals surface area contributed by atoms with Crippen LogP contribution in [0.25, 0.3) is 0 Å². The van der Waals surface area contributed by atoms with Crippen molar-refractivity contribution in [3.63, 3.8) is 0 Å². The second kappa shape index (κ2) is 6.76. The third kappa shape index (κ3) is 3.95.